The van der Waals surface area contributed by atoms with Crippen LogP contribution in [-0.2, 0) is 19.2 Å². The molecule has 5 nitrogen and oxygen atoms in total. The number of rotatable bonds is 10. The lowest BCUT2D eigenvalue weighted by molar-refractivity contribution is 0.201. The van der Waals surface area contributed by atoms with Crippen LogP contribution in [0.15, 0.2) is 91.0 Å². The van der Waals surface area contributed by atoms with Gasteiger partial charge in [0, 0.05) is 0 Å². The lowest BCUT2D eigenvalue weighted by atomic mass is 9.77. The summed E-state index contributed by atoms with van der Waals surface area (Å²) in [6.07, 6.45) is 0. The van der Waals surface area contributed by atoms with Crippen molar-refractivity contribution in [3.05, 3.63) is 108 Å². The van der Waals surface area contributed by atoms with Crippen molar-refractivity contribution in [2.45, 2.75) is 19.4 Å². The van der Waals surface area contributed by atoms with Crippen molar-refractivity contribution >= 4 is 7.75 Å². The van der Waals surface area contributed by atoms with E-state index >= 15 is 0 Å². The van der Waals surface area contributed by atoms with Gasteiger partial charge in [0.05, 0.1) is 13.2 Å². The van der Waals surface area contributed by atoms with Gasteiger partial charge in [-0.2, -0.15) is 5.20 Å². The van der Waals surface area contributed by atoms with Crippen molar-refractivity contribution in [1.29, 1.82) is 0 Å². The van der Waals surface area contributed by atoms with Crippen molar-refractivity contribution < 1.29 is 13.6 Å². The molecule has 0 atom stereocenters. The molecule has 3 aromatic carbocycles. The molecule has 0 bridgehead atoms. The molecule has 3 rings (SSSR count). The van der Waals surface area contributed by atoms with Gasteiger partial charge in [-0.3, -0.25) is 9.05 Å². The molecule has 0 saturated carbocycles. The molecule has 0 spiro atoms. The first-order valence-corrected chi connectivity index (χ1v) is 11.3. The summed E-state index contributed by atoms with van der Waals surface area (Å²) in [6.45, 7) is 4.10. The molecule has 0 saturated heterocycles. The van der Waals surface area contributed by atoms with E-state index in [9.17, 15) is 4.57 Å². The van der Waals surface area contributed by atoms with Crippen LogP contribution in [0.4, 0.5) is 0 Å². The minimum atomic E-state index is -3.54. The van der Waals surface area contributed by atoms with E-state index in [2.05, 4.69) is 10.6 Å². The van der Waals surface area contributed by atoms with Gasteiger partial charge in [-0.15, -0.1) is 0 Å². The van der Waals surface area contributed by atoms with Crippen LogP contribution in [0.3, 0.4) is 0 Å². The van der Waals surface area contributed by atoms with Gasteiger partial charge in [-0.05, 0) is 30.5 Å². The molecule has 0 unspecified atom stereocenters. The minimum Gasteiger partial charge on any atom is -0.296 e. The standard InChI is InChI=1S/C23H27N2O3P/c1-3-27-29(26,28-4-2)25-24-23(20-14-8-5-9-15-20,21-16-10-6-11-17-21)22-18-12-7-13-19-22/h5-19,24H,3-4H2,1-2H3,(H,25,26). The quantitative estimate of drug-likeness (QED) is 0.271. The zero-order chi connectivity index (χ0) is 20.6. The van der Waals surface area contributed by atoms with Crippen LogP contribution in [0.1, 0.15) is 30.5 Å². The van der Waals surface area contributed by atoms with Crippen LogP contribution < -0.4 is 10.6 Å². The molecule has 6 heteroatoms. The fourth-order valence-corrected chi connectivity index (χ4v) is 4.56. The van der Waals surface area contributed by atoms with E-state index in [1.54, 1.807) is 13.8 Å². The molecule has 0 aliphatic rings. The molecule has 29 heavy (non-hydrogen) atoms. The second kappa shape index (κ2) is 9.97. The van der Waals surface area contributed by atoms with E-state index in [0.29, 0.717) is 0 Å². The van der Waals surface area contributed by atoms with Gasteiger partial charge in [0.2, 0.25) is 0 Å². The number of nitrogens with one attached hydrogen (secondary N) is 2. The highest BCUT2D eigenvalue weighted by Gasteiger charge is 2.38. The fourth-order valence-electron chi connectivity index (χ4n) is 3.38. The summed E-state index contributed by atoms with van der Waals surface area (Å²) in [6, 6.07) is 30.1. The van der Waals surface area contributed by atoms with Crippen LogP contribution in [-0.4, -0.2) is 13.2 Å². The topological polar surface area (TPSA) is 59.6 Å². The Morgan fingerprint density at radius 1 is 0.690 bits per heavy atom. The molecule has 152 valence electrons. The Labute approximate surface area is 172 Å². The largest absolute Gasteiger partial charge is 0.418 e. The molecule has 0 aromatic heterocycles. The third-order valence-corrected chi connectivity index (χ3v) is 6.18. The lowest BCUT2D eigenvalue weighted by Crippen LogP contribution is -2.50. The molecule has 3 aromatic rings. The zero-order valence-corrected chi connectivity index (χ0v) is 17.6. The maximum atomic E-state index is 13.1. The van der Waals surface area contributed by atoms with Gasteiger partial charge in [-0.1, -0.05) is 91.0 Å². The van der Waals surface area contributed by atoms with Crippen molar-refractivity contribution in [2.75, 3.05) is 13.2 Å². The Hall–Kier alpha value is -2.27. The number of benzene rings is 3. The lowest BCUT2D eigenvalue weighted by Gasteiger charge is -2.37. The number of hydrogen-bond donors (Lipinski definition) is 2. The molecule has 0 aliphatic carbocycles. The molecule has 0 amide bonds. The predicted molar refractivity (Wildman–Crippen MR) is 116 cm³/mol. The zero-order valence-electron chi connectivity index (χ0n) is 16.7. The summed E-state index contributed by atoms with van der Waals surface area (Å²) in [7, 11) is -3.54. The summed E-state index contributed by atoms with van der Waals surface area (Å²) in [4.78, 5) is 0. The molecular weight excluding hydrogens is 383 g/mol. The van der Waals surface area contributed by atoms with E-state index in [0.717, 1.165) is 16.7 Å². The molecule has 0 aliphatic heterocycles. The normalized spacial score (nSPS) is 12.1. The van der Waals surface area contributed by atoms with Gasteiger partial charge in [0.1, 0.15) is 5.54 Å². The molecule has 2 N–H and O–H groups in total. The summed E-state index contributed by atoms with van der Waals surface area (Å²) >= 11 is 0. The molecule has 0 fully saturated rings. The monoisotopic (exact) mass is 410 g/mol. The smallest absolute Gasteiger partial charge is 0.296 e. The second-order valence-corrected chi connectivity index (χ2v) is 8.15. The predicted octanol–water partition coefficient (Wildman–Crippen LogP) is 5.25. The second-order valence-electron chi connectivity index (χ2n) is 6.42. The average Bonchev–Trinajstić information content (AvgIpc) is 2.77. The maximum Gasteiger partial charge on any atom is 0.418 e. The molecular formula is C23H27N2O3P. The van der Waals surface area contributed by atoms with Crippen LogP contribution in [0, 0.1) is 0 Å². The van der Waals surface area contributed by atoms with Crippen molar-refractivity contribution in [2.24, 2.45) is 0 Å². The number of hydrogen-bond acceptors (Lipinski definition) is 4. The van der Waals surface area contributed by atoms with Crippen molar-refractivity contribution in [1.82, 2.24) is 10.6 Å². The van der Waals surface area contributed by atoms with Crippen LogP contribution in [0.2, 0.25) is 0 Å². The first-order valence-electron chi connectivity index (χ1n) is 9.74. The van der Waals surface area contributed by atoms with E-state index in [1.165, 1.54) is 0 Å². The first kappa shape index (κ1) is 21.4. The van der Waals surface area contributed by atoms with Gasteiger partial charge in [0.25, 0.3) is 0 Å². The van der Waals surface area contributed by atoms with Gasteiger partial charge < -0.3 is 0 Å². The van der Waals surface area contributed by atoms with E-state index < -0.39 is 13.3 Å². The minimum absolute atomic E-state index is 0.265. The SMILES string of the molecule is CCOP(=O)(NNC(c1ccccc1)(c1ccccc1)c1ccccc1)OCC. The Bertz CT molecular complexity index is 814. The highest BCUT2D eigenvalue weighted by atomic mass is 31.2. The van der Waals surface area contributed by atoms with Gasteiger partial charge >= 0.3 is 7.75 Å². The van der Waals surface area contributed by atoms with Gasteiger partial charge in [0.15, 0.2) is 0 Å². The van der Waals surface area contributed by atoms with Crippen LogP contribution in [0.25, 0.3) is 0 Å². The first-order chi connectivity index (χ1) is 14.1. The van der Waals surface area contributed by atoms with E-state index in [1.807, 2.05) is 91.0 Å². The fraction of sp³-hybridized carbons (Fsp3) is 0.217. The Morgan fingerprint density at radius 3 is 1.34 bits per heavy atom. The third kappa shape index (κ3) is 4.84. The van der Waals surface area contributed by atoms with Crippen LogP contribution in [0.5, 0.6) is 0 Å². The van der Waals surface area contributed by atoms with Crippen LogP contribution >= 0.6 is 7.75 Å². The maximum absolute atomic E-state index is 13.1. The number of hydrazine groups is 1. The summed E-state index contributed by atoms with van der Waals surface area (Å²) < 4.78 is 24.0. The molecule has 0 radical (unpaired) electrons. The van der Waals surface area contributed by atoms with Crippen molar-refractivity contribution in [3.63, 3.8) is 0 Å². The van der Waals surface area contributed by atoms with E-state index in [4.69, 9.17) is 9.05 Å². The average molecular weight is 410 g/mol. The Kier molecular flexibility index (Phi) is 7.37. The highest BCUT2D eigenvalue weighted by Crippen LogP contribution is 2.44. The molecule has 0 heterocycles. The van der Waals surface area contributed by atoms with E-state index in [-0.39, 0.29) is 13.2 Å². The Balaban J connectivity index is 2.16. The summed E-state index contributed by atoms with van der Waals surface area (Å²) in [5, 5.41) is 2.90. The summed E-state index contributed by atoms with van der Waals surface area (Å²) in [5.41, 5.74) is 5.49. The van der Waals surface area contributed by atoms with Gasteiger partial charge in [-0.25, -0.2) is 9.99 Å². The third-order valence-electron chi connectivity index (χ3n) is 4.60. The Morgan fingerprint density at radius 2 is 1.03 bits per heavy atom. The summed E-state index contributed by atoms with van der Waals surface area (Å²) in [5.74, 6) is 0. The highest BCUT2D eigenvalue weighted by molar-refractivity contribution is 7.51. The van der Waals surface area contributed by atoms with Crippen molar-refractivity contribution in [3.8, 4) is 0 Å².